The van der Waals surface area contributed by atoms with Gasteiger partial charge in [-0.25, -0.2) is 0 Å². The van der Waals surface area contributed by atoms with E-state index in [1.54, 1.807) is 17.0 Å². The minimum atomic E-state index is -0.767. The van der Waals surface area contributed by atoms with Gasteiger partial charge in [0.25, 0.3) is 11.8 Å². The van der Waals surface area contributed by atoms with E-state index in [0.717, 1.165) is 18.4 Å². The first-order chi connectivity index (χ1) is 15.6. The molecule has 0 saturated carbocycles. The van der Waals surface area contributed by atoms with Gasteiger partial charge in [-0.3, -0.25) is 9.59 Å². The summed E-state index contributed by atoms with van der Waals surface area (Å²) in [4.78, 5) is 27.5. The molecule has 2 heterocycles. The van der Waals surface area contributed by atoms with E-state index in [4.69, 9.17) is 14.2 Å². The van der Waals surface area contributed by atoms with E-state index in [1.165, 1.54) is 6.08 Å². The summed E-state index contributed by atoms with van der Waals surface area (Å²) in [7, 11) is 0. The maximum atomic E-state index is 13.1. The number of rotatable bonds is 6. The van der Waals surface area contributed by atoms with E-state index in [2.05, 4.69) is 5.32 Å². The lowest BCUT2D eigenvalue weighted by molar-refractivity contribution is -0.129. The van der Waals surface area contributed by atoms with Crippen LogP contribution in [0.1, 0.15) is 32.3 Å². The predicted molar refractivity (Wildman–Crippen MR) is 122 cm³/mol. The highest BCUT2D eigenvalue weighted by Crippen LogP contribution is 2.34. The lowest BCUT2D eigenvalue weighted by atomic mass is 10.1. The van der Waals surface area contributed by atoms with Crippen molar-refractivity contribution >= 4 is 23.6 Å². The molecular weight excluding hydrogens is 408 g/mol. The number of nitrogens with zero attached hydrogens (tertiary/aromatic N) is 1. The molecule has 0 bridgehead atoms. The monoisotopic (exact) mass is 436 g/mol. The van der Waals surface area contributed by atoms with Crippen molar-refractivity contribution in [3.63, 3.8) is 0 Å². The smallest absolute Gasteiger partial charge is 0.263 e. The molecule has 2 aromatic rings. The van der Waals surface area contributed by atoms with E-state index in [1.807, 2.05) is 50.2 Å². The van der Waals surface area contributed by atoms with Crippen molar-refractivity contribution in [1.82, 2.24) is 5.32 Å². The Labute approximate surface area is 188 Å². The number of nitrogens with one attached hydrogen (secondary N) is 1. The van der Waals surface area contributed by atoms with E-state index >= 15 is 0 Å². The van der Waals surface area contributed by atoms with Crippen molar-refractivity contribution in [3.05, 3.63) is 54.1 Å². The maximum Gasteiger partial charge on any atom is 0.263 e. The van der Waals surface area contributed by atoms with Crippen LogP contribution in [0.4, 0.5) is 5.69 Å². The molecule has 1 unspecified atom stereocenters. The highest BCUT2D eigenvalue weighted by molar-refractivity contribution is 6.05. The van der Waals surface area contributed by atoms with Crippen molar-refractivity contribution in [3.8, 4) is 17.2 Å². The van der Waals surface area contributed by atoms with Gasteiger partial charge >= 0.3 is 0 Å². The highest BCUT2D eigenvalue weighted by Gasteiger charge is 2.33. The molecule has 0 spiro atoms. The summed E-state index contributed by atoms with van der Waals surface area (Å²) in [6, 6.07) is 12.9. The van der Waals surface area contributed by atoms with Gasteiger partial charge in [0, 0.05) is 12.1 Å². The van der Waals surface area contributed by atoms with Crippen LogP contribution in [0.2, 0.25) is 0 Å². The molecule has 0 saturated heterocycles. The molecule has 4 rings (SSSR count). The molecular formula is C25H28N2O5. The zero-order chi connectivity index (χ0) is 22.5. The summed E-state index contributed by atoms with van der Waals surface area (Å²) in [6.45, 7) is 5.24. The molecule has 2 amide bonds. The SMILES string of the molecule is CCC(CC)NC(=O)C1CN(C(=O)/C=C/c2ccc3c(c2)OCCO3)c2ccccc2O1. The third-order valence-corrected chi connectivity index (χ3v) is 5.65. The molecule has 0 aliphatic carbocycles. The Morgan fingerprint density at radius 3 is 2.59 bits per heavy atom. The number of hydrogen-bond donors (Lipinski definition) is 1. The van der Waals surface area contributed by atoms with Gasteiger partial charge in [0.15, 0.2) is 17.6 Å². The van der Waals surface area contributed by atoms with Crippen LogP contribution >= 0.6 is 0 Å². The molecule has 7 nitrogen and oxygen atoms in total. The summed E-state index contributed by atoms with van der Waals surface area (Å²) in [5, 5.41) is 3.02. The van der Waals surface area contributed by atoms with Crippen LogP contribution in [-0.4, -0.2) is 43.7 Å². The van der Waals surface area contributed by atoms with Crippen LogP contribution < -0.4 is 24.4 Å². The summed E-state index contributed by atoms with van der Waals surface area (Å²) in [6.07, 6.45) is 4.15. The topological polar surface area (TPSA) is 77.1 Å². The largest absolute Gasteiger partial charge is 0.486 e. The summed E-state index contributed by atoms with van der Waals surface area (Å²) in [5.74, 6) is 1.45. The molecule has 2 aromatic carbocycles. The van der Waals surface area contributed by atoms with Crippen molar-refractivity contribution in [2.24, 2.45) is 0 Å². The zero-order valence-corrected chi connectivity index (χ0v) is 18.4. The third-order valence-electron chi connectivity index (χ3n) is 5.65. The lowest BCUT2D eigenvalue weighted by Gasteiger charge is -2.34. The summed E-state index contributed by atoms with van der Waals surface area (Å²) < 4.78 is 17.1. The van der Waals surface area contributed by atoms with Crippen LogP contribution in [0.3, 0.4) is 0 Å². The molecule has 7 heteroatoms. The number of anilines is 1. The number of amides is 2. The first-order valence-corrected chi connectivity index (χ1v) is 11.0. The normalized spacial score (nSPS) is 17.1. The third kappa shape index (κ3) is 4.72. The van der Waals surface area contributed by atoms with Crippen molar-refractivity contribution in [2.75, 3.05) is 24.7 Å². The zero-order valence-electron chi connectivity index (χ0n) is 18.4. The van der Waals surface area contributed by atoms with E-state index in [9.17, 15) is 9.59 Å². The van der Waals surface area contributed by atoms with Crippen LogP contribution in [0.25, 0.3) is 6.08 Å². The molecule has 0 radical (unpaired) electrons. The second kappa shape index (κ2) is 9.77. The number of carbonyl (C=O) groups is 2. The molecule has 2 aliphatic rings. The number of ether oxygens (including phenoxy) is 3. The number of para-hydroxylation sites is 2. The van der Waals surface area contributed by atoms with Crippen LogP contribution in [0.5, 0.6) is 17.2 Å². The Balaban J connectivity index is 1.52. The number of carbonyl (C=O) groups excluding carboxylic acids is 2. The average Bonchev–Trinajstić information content (AvgIpc) is 2.84. The van der Waals surface area contributed by atoms with Crippen LogP contribution in [-0.2, 0) is 9.59 Å². The summed E-state index contributed by atoms with van der Waals surface area (Å²) in [5.41, 5.74) is 1.48. The highest BCUT2D eigenvalue weighted by atomic mass is 16.6. The average molecular weight is 437 g/mol. The molecule has 1 N–H and O–H groups in total. The Hall–Kier alpha value is -3.48. The fraction of sp³-hybridized carbons (Fsp3) is 0.360. The van der Waals surface area contributed by atoms with E-state index in [0.29, 0.717) is 36.1 Å². The van der Waals surface area contributed by atoms with Crippen molar-refractivity contribution in [2.45, 2.75) is 38.8 Å². The minimum absolute atomic E-state index is 0.0857. The fourth-order valence-corrected chi connectivity index (χ4v) is 3.79. The van der Waals surface area contributed by atoms with Gasteiger partial charge in [0.05, 0.1) is 12.2 Å². The van der Waals surface area contributed by atoms with Gasteiger partial charge in [0.2, 0.25) is 0 Å². The van der Waals surface area contributed by atoms with E-state index < -0.39 is 6.10 Å². The fourth-order valence-electron chi connectivity index (χ4n) is 3.79. The lowest BCUT2D eigenvalue weighted by Crippen LogP contribution is -2.52. The van der Waals surface area contributed by atoms with Gasteiger partial charge in [-0.15, -0.1) is 0 Å². The predicted octanol–water partition coefficient (Wildman–Crippen LogP) is 3.57. The van der Waals surface area contributed by atoms with Gasteiger partial charge in [-0.05, 0) is 48.7 Å². The van der Waals surface area contributed by atoms with Gasteiger partial charge in [-0.2, -0.15) is 0 Å². The molecule has 32 heavy (non-hydrogen) atoms. The Kier molecular flexibility index (Phi) is 6.63. The Morgan fingerprint density at radius 1 is 1.06 bits per heavy atom. The van der Waals surface area contributed by atoms with Gasteiger partial charge < -0.3 is 24.4 Å². The second-order valence-corrected chi connectivity index (χ2v) is 7.78. The molecule has 2 aliphatic heterocycles. The quantitative estimate of drug-likeness (QED) is 0.701. The maximum absolute atomic E-state index is 13.1. The van der Waals surface area contributed by atoms with Gasteiger partial charge in [-0.1, -0.05) is 32.0 Å². The molecule has 0 fully saturated rings. The van der Waals surface area contributed by atoms with Crippen LogP contribution in [0.15, 0.2) is 48.5 Å². The Bertz CT molecular complexity index is 1020. The number of benzene rings is 2. The molecule has 1 atom stereocenters. The number of hydrogen-bond acceptors (Lipinski definition) is 5. The molecule has 168 valence electrons. The first-order valence-electron chi connectivity index (χ1n) is 11.0. The summed E-state index contributed by atoms with van der Waals surface area (Å²) >= 11 is 0. The standard InChI is InChI=1S/C25H28N2O5/c1-3-18(4-2)26-25(29)23-16-27(19-7-5-6-8-20(19)32-23)24(28)12-10-17-9-11-21-22(15-17)31-14-13-30-21/h5-12,15,18,23H,3-4,13-14,16H2,1-2H3,(H,26,29)/b12-10+. The first kappa shape index (κ1) is 21.7. The van der Waals surface area contributed by atoms with Crippen molar-refractivity contribution in [1.29, 1.82) is 0 Å². The van der Waals surface area contributed by atoms with Gasteiger partial charge in [0.1, 0.15) is 19.0 Å². The minimum Gasteiger partial charge on any atom is -0.486 e. The Morgan fingerprint density at radius 2 is 1.81 bits per heavy atom. The van der Waals surface area contributed by atoms with Crippen molar-refractivity contribution < 1.29 is 23.8 Å². The number of fused-ring (bicyclic) bond motifs is 2. The van der Waals surface area contributed by atoms with Crippen LogP contribution in [0, 0.1) is 0 Å². The molecule has 0 aromatic heterocycles. The van der Waals surface area contributed by atoms with E-state index in [-0.39, 0.29) is 24.4 Å². The second-order valence-electron chi connectivity index (χ2n) is 7.78.